The Labute approximate surface area is 185 Å². The van der Waals surface area contributed by atoms with E-state index in [1.165, 1.54) is 0 Å². The molecule has 2 bridgehead atoms. The lowest BCUT2D eigenvalue weighted by Crippen LogP contribution is -2.28. The van der Waals surface area contributed by atoms with Crippen LogP contribution in [0.5, 0.6) is 5.75 Å². The van der Waals surface area contributed by atoms with E-state index >= 15 is 0 Å². The molecule has 0 radical (unpaired) electrons. The minimum atomic E-state index is -0.283. The molecule has 1 saturated carbocycles. The minimum Gasteiger partial charge on any atom is -0.486 e. The van der Waals surface area contributed by atoms with Gasteiger partial charge < -0.3 is 4.74 Å². The Morgan fingerprint density at radius 3 is 2.07 bits per heavy atom. The van der Waals surface area contributed by atoms with Crippen molar-refractivity contribution >= 4 is 63.2 Å². The third-order valence-corrected chi connectivity index (χ3v) is 6.80. The summed E-state index contributed by atoms with van der Waals surface area (Å²) in [6.07, 6.45) is 6.69. The van der Waals surface area contributed by atoms with Gasteiger partial charge in [0.15, 0.2) is 0 Å². The number of fused-ring (bicyclic) bond motifs is 5. The van der Waals surface area contributed by atoms with Gasteiger partial charge in [0.25, 0.3) is 11.8 Å². The van der Waals surface area contributed by atoms with Crippen molar-refractivity contribution in [2.24, 2.45) is 28.8 Å². The Kier molecular flexibility index (Phi) is 4.89. The Hall–Kier alpha value is -0.970. The molecule has 4 atom stereocenters. The molecule has 1 saturated heterocycles. The molecule has 4 rings (SSSR count). The van der Waals surface area contributed by atoms with Crippen molar-refractivity contribution in [3.63, 3.8) is 0 Å². The van der Waals surface area contributed by atoms with Gasteiger partial charge in [-0.1, -0.05) is 12.2 Å². The predicted octanol–water partition coefficient (Wildman–Crippen LogP) is 4.21. The topological polar surface area (TPSA) is 59.0 Å². The van der Waals surface area contributed by atoms with E-state index in [9.17, 15) is 9.59 Å². The molecule has 7 heteroatoms. The minimum absolute atomic E-state index is 0.157. The summed E-state index contributed by atoms with van der Waals surface area (Å²) in [4.78, 5) is 25.4. The van der Waals surface area contributed by atoms with E-state index in [0.717, 1.165) is 29.9 Å². The lowest BCUT2D eigenvalue weighted by atomic mass is 9.85. The fourth-order valence-corrected chi connectivity index (χ4v) is 6.22. The summed E-state index contributed by atoms with van der Waals surface area (Å²) < 4.78 is 7.96. The third kappa shape index (κ3) is 3.45. The van der Waals surface area contributed by atoms with Crippen molar-refractivity contribution < 1.29 is 14.3 Å². The summed E-state index contributed by atoms with van der Waals surface area (Å²) in [6, 6.07) is 3.90. The van der Waals surface area contributed by atoms with Crippen molar-refractivity contribution in [3.05, 3.63) is 37.0 Å². The van der Waals surface area contributed by atoms with Crippen LogP contribution in [-0.2, 0) is 9.59 Å². The Balaban J connectivity index is 1.55. The smallest absolute Gasteiger partial charge is 0.254 e. The largest absolute Gasteiger partial charge is 0.486 e. The maximum absolute atomic E-state index is 12.7. The predicted molar refractivity (Wildman–Crippen MR) is 119 cm³/mol. The molecule has 5 nitrogen and oxygen atoms in total. The molecular formula is C20H20I2N2O3. The molecule has 2 fully saturated rings. The first-order valence-electron chi connectivity index (χ1n) is 8.94. The number of imide groups is 1. The van der Waals surface area contributed by atoms with E-state index in [4.69, 9.17) is 4.74 Å². The van der Waals surface area contributed by atoms with Crippen LogP contribution in [-0.4, -0.2) is 28.6 Å². The van der Waals surface area contributed by atoms with Gasteiger partial charge in [0.1, 0.15) is 11.4 Å². The molecule has 0 aromatic heterocycles. The number of rotatable bonds is 3. The van der Waals surface area contributed by atoms with Crippen molar-refractivity contribution in [2.45, 2.75) is 32.8 Å². The zero-order valence-electron chi connectivity index (χ0n) is 15.3. The number of hydrazone groups is 1. The molecular weight excluding hydrogens is 570 g/mol. The second-order valence-electron chi connectivity index (χ2n) is 8.26. The highest BCUT2D eigenvalue weighted by molar-refractivity contribution is 14.1. The summed E-state index contributed by atoms with van der Waals surface area (Å²) in [5.41, 5.74) is 0.554. The molecule has 2 aliphatic carbocycles. The van der Waals surface area contributed by atoms with Crippen LogP contribution in [0.15, 0.2) is 29.4 Å². The highest BCUT2D eigenvalue weighted by Gasteiger charge is 2.59. The Morgan fingerprint density at radius 1 is 1.07 bits per heavy atom. The average Bonchev–Trinajstić information content (AvgIpc) is 3.23. The first kappa shape index (κ1) is 19.4. The normalized spacial score (nSPS) is 29.3. The van der Waals surface area contributed by atoms with Gasteiger partial charge >= 0.3 is 0 Å². The fourth-order valence-electron chi connectivity index (χ4n) is 4.18. The Morgan fingerprint density at radius 2 is 1.59 bits per heavy atom. The standard InChI is InChI=1S/C20H20I2N2O3/c1-20(2,3)27-17-13(21)6-10(7-14(17)22)9-23-24-18(25)15-11-4-5-12(8-11)16(15)19(24)26/h4-7,9,11-12,15-16H,8H2,1-3H3/t11-,12-,15-,16+/m0/s1. The van der Waals surface area contributed by atoms with Crippen LogP contribution in [0, 0.1) is 30.8 Å². The van der Waals surface area contributed by atoms with Gasteiger partial charge in [-0.3, -0.25) is 9.59 Å². The van der Waals surface area contributed by atoms with Crippen LogP contribution >= 0.6 is 45.2 Å². The summed E-state index contributed by atoms with van der Waals surface area (Å²) in [5.74, 6) is 0.497. The molecule has 1 aromatic carbocycles. The number of allylic oxidation sites excluding steroid dienone is 2. The van der Waals surface area contributed by atoms with E-state index in [0.29, 0.717) is 0 Å². The quantitative estimate of drug-likeness (QED) is 0.230. The molecule has 1 heterocycles. The molecule has 1 aliphatic heterocycles. The molecule has 27 heavy (non-hydrogen) atoms. The third-order valence-electron chi connectivity index (χ3n) is 5.20. The Bertz CT molecular complexity index is 835. The van der Waals surface area contributed by atoms with Crippen molar-refractivity contribution in [1.29, 1.82) is 0 Å². The fraction of sp³-hybridized carbons (Fsp3) is 0.450. The van der Waals surface area contributed by atoms with Crippen molar-refractivity contribution in [2.75, 3.05) is 0 Å². The number of hydrogen-bond donors (Lipinski definition) is 0. The maximum Gasteiger partial charge on any atom is 0.254 e. The zero-order chi connectivity index (χ0) is 19.5. The lowest BCUT2D eigenvalue weighted by molar-refractivity contribution is -0.140. The number of carbonyl (C=O) groups is 2. The van der Waals surface area contributed by atoms with Gasteiger partial charge in [-0.2, -0.15) is 10.1 Å². The van der Waals surface area contributed by atoms with Gasteiger partial charge in [0, 0.05) is 0 Å². The summed E-state index contributed by atoms with van der Waals surface area (Å²) >= 11 is 4.47. The zero-order valence-corrected chi connectivity index (χ0v) is 19.6. The number of benzene rings is 1. The summed E-state index contributed by atoms with van der Waals surface area (Å²) in [6.45, 7) is 6.04. The van der Waals surface area contributed by atoms with Crippen LogP contribution in [0.3, 0.4) is 0 Å². The van der Waals surface area contributed by atoms with E-state index in [2.05, 4.69) is 62.4 Å². The molecule has 0 unspecified atom stereocenters. The number of ether oxygens (including phenoxy) is 1. The van der Waals surface area contributed by atoms with Gasteiger partial charge in [-0.05, 0) is 102 Å². The second kappa shape index (κ2) is 6.82. The number of nitrogens with zero attached hydrogens (tertiary/aromatic N) is 2. The van der Waals surface area contributed by atoms with E-state index in [1.54, 1.807) is 6.21 Å². The highest BCUT2D eigenvalue weighted by atomic mass is 127. The molecule has 142 valence electrons. The van der Waals surface area contributed by atoms with E-state index in [1.807, 2.05) is 32.9 Å². The van der Waals surface area contributed by atoms with Gasteiger partial charge in [-0.25, -0.2) is 0 Å². The monoisotopic (exact) mass is 590 g/mol. The summed E-state index contributed by atoms with van der Waals surface area (Å²) in [5, 5.41) is 5.34. The van der Waals surface area contributed by atoms with Crippen molar-refractivity contribution in [3.8, 4) is 5.75 Å². The van der Waals surface area contributed by atoms with Crippen LogP contribution in [0.25, 0.3) is 0 Å². The van der Waals surface area contributed by atoms with Gasteiger partial charge in [-0.15, -0.1) is 0 Å². The number of carbonyl (C=O) groups excluding carboxylic acids is 2. The molecule has 0 spiro atoms. The molecule has 2 amide bonds. The van der Waals surface area contributed by atoms with Crippen LogP contribution < -0.4 is 4.74 Å². The van der Waals surface area contributed by atoms with E-state index < -0.39 is 0 Å². The van der Waals surface area contributed by atoms with Crippen LogP contribution in [0.1, 0.15) is 32.8 Å². The lowest BCUT2D eigenvalue weighted by Gasteiger charge is -2.23. The molecule has 3 aliphatic rings. The number of halogens is 2. The molecule has 0 N–H and O–H groups in total. The number of amides is 2. The molecule has 1 aromatic rings. The average molecular weight is 590 g/mol. The van der Waals surface area contributed by atoms with Gasteiger partial charge in [0.2, 0.25) is 0 Å². The first-order valence-corrected chi connectivity index (χ1v) is 11.1. The maximum atomic E-state index is 12.7. The van der Waals surface area contributed by atoms with E-state index in [-0.39, 0.29) is 41.1 Å². The van der Waals surface area contributed by atoms with Crippen molar-refractivity contribution in [1.82, 2.24) is 5.01 Å². The van der Waals surface area contributed by atoms with Crippen LogP contribution in [0.2, 0.25) is 0 Å². The SMILES string of the molecule is CC(C)(C)Oc1c(I)cc(C=NN2C(=O)[C@@H]3[C@H](C2=O)[C@H]2C=C[C@H]3C2)cc1I. The highest BCUT2D eigenvalue weighted by Crippen LogP contribution is 2.52. The number of hydrogen-bond acceptors (Lipinski definition) is 4. The van der Waals surface area contributed by atoms with Crippen LogP contribution in [0.4, 0.5) is 0 Å². The first-order chi connectivity index (χ1) is 12.7. The van der Waals surface area contributed by atoms with Gasteiger partial charge in [0.05, 0.1) is 25.2 Å². The second-order valence-corrected chi connectivity index (χ2v) is 10.6. The summed E-state index contributed by atoms with van der Waals surface area (Å²) in [7, 11) is 0.